The van der Waals surface area contributed by atoms with Crippen LogP contribution in [0.3, 0.4) is 0 Å². The van der Waals surface area contributed by atoms with Gasteiger partial charge in [0.05, 0.1) is 6.54 Å². The van der Waals surface area contributed by atoms with E-state index >= 15 is 0 Å². The molecule has 1 amide bonds. The van der Waals surface area contributed by atoms with E-state index < -0.39 is 11.5 Å². The molecule has 0 aromatic carbocycles. The van der Waals surface area contributed by atoms with Crippen LogP contribution in [0.4, 0.5) is 0 Å². The molecule has 0 aliphatic heterocycles. The van der Waals surface area contributed by atoms with Crippen molar-refractivity contribution in [1.29, 1.82) is 0 Å². The molecule has 0 unspecified atom stereocenters. The second-order valence-electron chi connectivity index (χ2n) is 4.11. The lowest BCUT2D eigenvalue weighted by Gasteiger charge is -2.25. The summed E-state index contributed by atoms with van der Waals surface area (Å²) >= 11 is 0. The second kappa shape index (κ2) is 6.40. The molecular weight excluding hydrogens is 196 g/mol. The predicted molar refractivity (Wildman–Crippen MR) is 57.6 cm³/mol. The molecule has 0 heterocycles. The highest BCUT2D eigenvalue weighted by atomic mass is 16.4. The van der Waals surface area contributed by atoms with Gasteiger partial charge in [0, 0.05) is 12.0 Å². The van der Waals surface area contributed by atoms with Crippen molar-refractivity contribution in [2.45, 2.75) is 39.2 Å². The molecule has 5 nitrogen and oxygen atoms in total. The summed E-state index contributed by atoms with van der Waals surface area (Å²) in [5, 5.41) is 14.2. The number of hydrogen-bond donors (Lipinski definition) is 3. The Morgan fingerprint density at radius 1 is 1.33 bits per heavy atom. The first-order valence-electron chi connectivity index (χ1n) is 5.11. The largest absolute Gasteiger partial charge is 0.481 e. The highest BCUT2D eigenvalue weighted by Crippen LogP contribution is 2.10. The number of amides is 1. The maximum absolute atomic E-state index is 11.3. The Balaban J connectivity index is 3.90. The summed E-state index contributed by atoms with van der Waals surface area (Å²) in [6.45, 7) is 6.57. The van der Waals surface area contributed by atoms with Crippen LogP contribution < -0.4 is 10.6 Å². The number of carboxylic acids is 1. The van der Waals surface area contributed by atoms with Gasteiger partial charge in [-0.1, -0.05) is 6.92 Å². The number of likely N-dealkylation sites (N-methyl/N-ethyl adjacent to an activating group) is 1. The summed E-state index contributed by atoms with van der Waals surface area (Å²) in [6, 6.07) is 0. The van der Waals surface area contributed by atoms with Crippen LogP contribution >= 0.6 is 0 Å². The number of rotatable bonds is 7. The minimum atomic E-state index is -0.844. The van der Waals surface area contributed by atoms with E-state index in [0.717, 1.165) is 6.54 Å². The summed E-state index contributed by atoms with van der Waals surface area (Å²) in [6.07, 6.45) is 0.495. The van der Waals surface area contributed by atoms with Gasteiger partial charge in [-0.05, 0) is 26.8 Å². The van der Waals surface area contributed by atoms with Crippen LogP contribution in [-0.4, -0.2) is 35.6 Å². The van der Waals surface area contributed by atoms with Crippen LogP contribution in [0.5, 0.6) is 0 Å². The average Bonchev–Trinajstić information content (AvgIpc) is 2.11. The Morgan fingerprint density at radius 2 is 1.93 bits per heavy atom. The van der Waals surface area contributed by atoms with Crippen LogP contribution in [-0.2, 0) is 9.59 Å². The Hall–Kier alpha value is -1.10. The molecule has 0 bridgehead atoms. The minimum Gasteiger partial charge on any atom is -0.481 e. The molecule has 0 atom stereocenters. The molecule has 0 aromatic rings. The highest BCUT2D eigenvalue weighted by Gasteiger charge is 2.20. The van der Waals surface area contributed by atoms with Crippen molar-refractivity contribution in [3.63, 3.8) is 0 Å². The van der Waals surface area contributed by atoms with Gasteiger partial charge < -0.3 is 15.7 Å². The number of carbonyl (C=O) groups excluding carboxylic acids is 1. The first-order valence-corrected chi connectivity index (χ1v) is 5.11. The molecule has 0 radical (unpaired) electrons. The van der Waals surface area contributed by atoms with Gasteiger partial charge in [0.15, 0.2) is 0 Å². The topological polar surface area (TPSA) is 78.4 Å². The Kier molecular flexibility index (Phi) is 5.93. The molecule has 5 heteroatoms. The van der Waals surface area contributed by atoms with Crippen molar-refractivity contribution in [3.05, 3.63) is 0 Å². The molecule has 15 heavy (non-hydrogen) atoms. The van der Waals surface area contributed by atoms with Crippen molar-refractivity contribution < 1.29 is 14.7 Å². The molecule has 88 valence electrons. The molecule has 0 aliphatic carbocycles. The molecule has 0 aliphatic rings. The van der Waals surface area contributed by atoms with Crippen molar-refractivity contribution in [3.8, 4) is 0 Å². The molecule has 3 N–H and O–H groups in total. The van der Waals surface area contributed by atoms with Gasteiger partial charge in [-0.2, -0.15) is 0 Å². The monoisotopic (exact) mass is 216 g/mol. The lowest BCUT2D eigenvalue weighted by Crippen LogP contribution is -2.47. The van der Waals surface area contributed by atoms with Gasteiger partial charge in [-0.3, -0.25) is 9.59 Å². The third kappa shape index (κ3) is 7.93. The summed E-state index contributed by atoms with van der Waals surface area (Å²) in [7, 11) is 0. The Morgan fingerprint density at radius 3 is 2.40 bits per heavy atom. The number of carboxylic acid groups (broad SMARTS) is 1. The quantitative estimate of drug-likeness (QED) is 0.574. The third-order valence-corrected chi connectivity index (χ3v) is 1.98. The molecule has 0 spiro atoms. The van der Waals surface area contributed by atoms with Gasteiger partial charge in [0.25, 0.3) is 0 Å². The smallest absolute Gasteiger partial charge is 0.303 e. The van der Waals surface area contributed by atoms with Crippen molar-refractivity contribution in [2.24, 2.45) is 0 Å². The van der Waals surface area contributed by atoms with Crippen LogP contribution in [0.1, 0.15) is 33.6 Å². The van der Waals surface area contributed by atoms with E-state index in [1.165, 1.54) is 0 Å². The van der Waals surface area contributed by atoms with Crippen LogP contribution in [0, 0.1) is 0 Å². The SMILES string of the molecule is CCNCC(=O)NC(C)(C)CCC(=O)O. The molecule has 0 rings (SSSR count). The molecular formula is C10H20N2O3. The predicted octanol–water partition coefficient (Wildman–Crippen LogP) is 0.355. The van der Waals surface area contributed by atoms with Gasteiger partial charge in [-0.25, -0.2) is 0 Å². The number of aliphatic carboxylic acids is 1. The standard InChI is InChI=1S/C10H20N2O3/c1-4-11-7-8(13)12-10(2,3)6-5-9(14)15/h11H,4-7H2,1-3H3,(H,12,13)(H,14,15). The van der Waals surface area contributed by atoms with Crippen LogP contribution in [0.2, 0.25) is 0 Å². The number of carbonyl (C=O) groups is 2. The molecule has 0 aromatic heterocycles. The lowest BCUT2D eigenvalue weighted by atomic mass is 9.98. The zero-order valence-electron chi connectivity index (χ0n) is 9.59. The summed E-state index contributed by atoms with van der Waals surface area (Å²) in [4.78, 5) is 21.7. The maximum Gasteiger partial charge on any atom is 0.303 e. The summed E-state index contributed by atoms with van der Waals surface area (Å²) < 4.78 is 0. The van der Waals surface area contributed by atoms with Crippen molar-refractivity contribution >= 4 is 11.9 Å². The minimum absolute atomic E-state index is 0.0640. The fraction of sp³-hybridized carbons (Fsp3) is 0.800. The van der Waals surface area contributed by atoms with Crippen LogP contribution in [0.15, 0.2) is 0 Å². The molecule has 0 saturated carbocycles. The molecule has 0 fully saturated rings. The maximum atomic E-state index is 11.3. The number of hydrogen-bond acceptors (Lipinski definition) is 3. The number of nitrogens with one attached hydrogen (secondary N) is 2. The fourth-order valence-electron chi connectivity index (χ4n) is 1.14. The third-order valence-electron chi connectivity index (χ3n) is 1.98. The van der Waals surface area contributed by atoms with Gasteiger partial charge >= 0.3 is 5.97 Å². The second-order valence-corrected chi connectivity index (χ2v) is 4.11. The van der Waals surface area contributed by atoms with Crippen molar-refractivity contribution in [2.75, 3.05) is 13.1 Å². The van der Waals surface area contributed by atoms with Crippen LogP contribution in [0.25, 0.3) is 0 Å². The van der Waals surface area contributed by atoms with E-state index in [-0.39, 0.29) is 18.9 Å². The van der Waals surface area contributed by atoms with Gasteiger partial charge in [0.2, 0.25) is 5.91 Å². The first kappa shape index (κ1) is 13.9. The summed E-state index contributed by atoms with van der Waals surface area (Å²) in [5.41, 5.74) is -0.467. The Bertz CT molecular complexity index is 227. The normalized spacial score (nSPS) is 11.1. The zero-order valence-corrected chi connectivity index (χ0v) is 9.59. The molecule has 0 saturated heterocycles. The lowest BCUT2D eigenvalue weighted by molar-refractivity contribution is -0.137. The van der Waals surface area contributed by atoms with Gasteiger partial charge in [-0.15, -0.1) is 0 Å². The van der Waals surface area contributed by atoms with E-state index in [2.05, 4.69) is 10.6 Å². The van der Waals surface area contributed by atoms with E-state index in [0.29, 0.717) is 6.42 Å². The first-order chi connectivity index (χ1) is 6.87. The van der Waals surface area contributed by atoms with E-state index in [4.69, 9.17) is 5.11 Å². The van der Waals surface area contributed by atoms with E-state index in [9.17, 15) is 9.59 Å². The van der Waals surface area contributed by atoms with E-state index in [1.807, 2.05) is 20.8 Å². The van der Waals surface area contributed by atoms with Crippen molar-refractivity contribution in [1.82, 2.24) is 10.6 Å². The van der Waals surface area contributed by atoms with Gasteiger partial charge in [0.1, 0.15) is 0 Å². The fourth-order valence-corrected chi connectivity index (χ4v) is 1.14. The zero-order chi connectivity index (χ0) is 11.9. The highest BCUT2D eigenvalue weighted by molar-refractivity contribution is 5.78. The van der Waals surface area contributed by atoms with E-state index in [1.54, 1.807) is 0 Å². The average molecular weight is 216 g/mol. The Labute approximate surface area is 90.2 Å². The summed E-state index contributed by atoms with van der Waals surface area (Å²) in [5.74, 6) is -0.948.